The maximum atomic E-state index is 0. The van der Waals surface area contributed by atoms with Gasteiger partial charge < -0.3 is 5.71 Å². The Balaban J connectivity index is 0. The predicted molar refractivity (Wildman–Crippen MR) is 25.9 cm³/mol. The third-order valence-corrected chi connectivity index (χ3v) is 0. The van der Waals surface area contributed by atoms with Gasteiger partial charge in [-0.3, -0.25) is 0 Å². The molecular weight excluding hydrogens is 489 g/mol. The second-order valence-corrected chi connectivity index (χ2v) is 0. The van der Waals surface area contributed by atoms with Crippen LogP contribution in [-0.2, 0) is 17.1 Å². The normalized spacial score (nSPS) is 0. The van der Waals surface area contributed by atoms with E-state index < -0.39 is 0 Å². The maximum Gasteiger partial charge on any atom is 2.00 e. The molecule has 0 bridgehead atoms. The Morgan fingerprint density at radius 2 is 1.25 bits per heavy atom. The van der Waals surface area contributed by atoms with E-state index in [0.29, 0.717) is 0 Å². The molecule has 0 aliphatic rings. The van der Waals surface area contributed by atoms with Crippen molar-refractivity contribution in [2.24, 2.45) is 0 Å². The number of rotatable bonds is 0. The Bertz CT molecular complexity index is 16.0. The number of hydrogen-bond donors (Lipinski definition) is 0. The zero-order valence-electron chi connectivity index (χ0n) is 6.50. The molecule has 1 radical (unpaired) electrons. The molecule has 4 heavy (non-hydrogen) atoms. The minimum absolute atomic E-state index is 0. The second-order valence-electron chi connectivity index (χ2n) is 0. The predicted octanol–water partition coefficient (Wildman–Crippen LogP) is -1.50. The molecule has 0 fully saturated rings. The molecule has 0 rings (SSSR count). The minimum Gasteiger partial charge on any atom is -1.00 e. The standard InChI is InChI=1S/Ba.Bi.Mn.Sr.7H/q+2;;;+2;;;;4*-1. The van der Waals surface area contributed by atoms with Gasteiger partial charge in [0.2, 0.25) is 0 Å². The molecule has 0 amide bonds. The fourth-order valence-electron chi connectivity index (χ4n) is 0. The monoisotopic (exact) mass is 497 g/mol. The molecule has 0 aromatic carbocycles. The molecule has 0 nitrogen and oxygen atoms in total. The minimum atomic E-state index is 0. The summed E-state index contributed by atoms with van der Waals surface area (Å²) in [5, 5.41) is 0. The molecule has 0 N–H and O–H groups in total. The maximum absolute atomic E-state index is 0. The smallest absolute Gasteiger partial charge is 1.00 e. The Morgan fingerprint density at radius 1 is 1.25 bits per heavy atom. The van der Waals surface area contributed by atoms with E-state index in [9.17, 15) is 0 Å². The third-order valence-electron chi connectivity index (χ3n) is 0. The van der Waals surface area contributed by atoms with Gasteiger partial charge in [-0.05, 0) is 0 Å². The van der Waals surface area contributed by atoms with Crippen LogP contribution in [0.2, 0.25) is 0 Å². The van der Waals surface area contributed by atoms with Crippen LogP contribution in [0.25, 0.3) is 0 Å². The van der Waals surface area contributed by atoms with Crippen LogP contribution in [0.3, 0.4) is 0 Å². The molecule has 0 aromatic rings. The van der Waals surface area contributed by atoms with Crippen molar-refractivity contribution >= 4 is 121 Å². The van der Waals surface area contributed by atoms with Gasteiger partial charge in [0.15, 0.2) is 0 Å². The summed E-state index contributed by atoms with van der Waals surface area (Å²) in [6, 6.07) is 0. The second kappa shape index (κ2) is 15.7. The molecule has 0 atom stereocenters. The van der Waals surface area contributed by atoms with Gasteiger partial charge in [-0.1, -0.05) is 0 Å². The molecule has 4 heteroatoms. The average molecular weight is 496 g/mol. The topological polar surface area (TPSA) is 0 Å². The van der Waals surface area contributed by atoms with Gasteiger partial charge in [0.25, 0.3) is 0 Å². The first-order valence-electron chi connectivity index (χ1n) is 0. The third kappa shape index (κ3) is 9.68. The van der Waals surface area contributed by atoms with Crippen molar-refractivity contribution in [1.29, 1.82) is 0 Å². The van der Waals surface area contributed by atoms with Crippen molar-refractivity contribution in [2.75, 3.05) is 0 Å². The van der Waals surface area contributed by atoms with E-state index >= 15 is 0 Å². The molecule has 0 saturated heterocycles. The molecular formula is H7BaBiMnSr. The Kier molecular flexibility index (Phi) is 92.6. The number of hydrogen-bond acceptors (Lipinski definition) is 0. The van der Waals surface area contributed by atoms with Crippen molar-refractivity contribution < 1.29 is 22.8 Å². The molecule has 23 valence electrons. The Hall–Kier alpha value is 4.45. The summed E-state index contributed by atoms with van der Waals surface area (Å²) in [6.45, 7) is 0. The first kappa shape index (κ1) is 23.7. The molecule has 0 unspecified atom stereocenters. The first-order chi connectivity index (χ1) is 0. The van der Waals surface area contributed by atoms with Crippen molar-refractivity contribution in [3.05, 3.63) is 0 Å². The summed E-state index contributed by atoms with van der Waals surface area (Å²) >= 11 is 0. The molecule has 0 heterocycles. The van der Waals surface area contributed by atoms with Gasteiger partial charge in [-0.2, -0.15) is 0 Å². The van der Waals surface area contributed by atoms with Crippen LogP contribution in [0, 0.1) is 0 Å². The van der Waals surface area contributed by atoms with Gasteiger partial charge in [-0.15, -0.1) is 0 Å². The van der Waals surface area contributed by atoms with E-state index in [2.05, 4.69) is 0 Å². The summed E-state index contributed by atoms with van der Waals surface area (Å²) in [7, 11) is 0. The van der Waals surface area contributed by atoms with Gasteiger partial charge in [0, 0.05) is 17.1 Å². The van der Waals surface area contributed by atoms with Gasteiger partial charge in [-0.25, -0.2) is 0 Å². The molecule has 0 saturated carbocycles. The average Bonchev–Trinajstić information content (AvgIpc) is 0. The van der Waals surface area contributed by atoms with E-state index in [1.165, 1.54) is 0 Å². The van der Waals surface area contributed by atoms with Gasteiger partial charge in [0.1, 0.15) is 0 Å². The van der Waals surface area contributed by atoms with Crippen LogP contribution in [-0.4, -0.2) is 121 Å². The quantitative estimate of drug-likeness (QED) is 0.359. The SMILES string of the molecule is [Ba+2].[BiH3].[H-].[H-].[H-].[H-].[Mn].[Sr+2]. The summed E-state index contributed by atoms with van der Waals surface area (Å²) in [5.74, 6) is 0. The Morgan fingerprint density at radius 3 is 1.25 bits per heavy atom. The van der Waals surface area contributed by atoms with E-state index in [1.54, 1.807) is 0 Å². The largest absolute Gasteiger partial charge is 2.00 e. The van der Waals surface area contributed by atoms with Crippen LogP contribution < -0.4 is 0 Å². The fraction of sp³-hybridized carbons (Fsp3) is 0. The van der Waals surface area contributed by atoms with Crippen molar-refractivity contribution in [3.8, 4) is 0 Å². The van der Waals surface area contributed by atoms with Crippen LogP contribution in [0.5, 0.6) is 0 Å². The van der Waals surface area contributed by atoms with Crippen LogP contribution in [0.4, 0.5) is 0 Å². The van der Waals surface area contributed by atoms with Crippen molar-refractivity contribution in [1.82, 2.24) is 0 Å². The van der Waals surface area contributed by atoms with Gasteiger partial charge in [0.05, 0.1) is 0 Å². The Labute approximate surface area is 139 Å². The van der Waals surface area contributed by atoms with E-state index in [4.69, 9.17) is 0 Å². The molecule has 0 aromatic heterocycles. The first-order valence-corrected chi connectivity index (χ1v) is 0. The summed E-state index contributed by atoms with van der Waals surface area (Å²) in [4.78, 5) is 0. The summed E-state index contributed by atoms with van der Waals surface area (Å²) in [6.07, 6.45) is 0. The van der Waals surface area contributed by atoms with Gasteiger partial charge >= 0.3 is 121 Å². The zero-order valence-corrected chi connectivity index (χ0v) is 17.1. The molecule has 0 aliphatic carbocycles. The summed E-state index contributed by atoms with van der Waals surface area (Å²) in [5.41, 5.74) is 0. The fourth-order valence-corrected chi connectivity index (χ4v) is 0. The van der Waals surface area contributed by atoms with Crippen LogP contribution in [0.15, 0.2) is 0 Å². The zero-order chi connectivity index (χ0) is 0. The summed E-state index contributed by atoms with van der Waals surface area (Å²) < 4.78 is 0. The molecule has 0 spiro atoms. The molecule has 0 aliphatic heterocycles. The van der Waals surface area contributed by atoms with Crippen LogP contribution >= 0.6 is 0 Å². The van der Waals surface area contributed by atoms with Crippen LogP contribution in [0.1, 0.15) is 5.71 Å². The van der Waals surface area contributed by atoms with Crippen molar-refractivity contribution in [3.63, 3.8) is 0 Å². The van der Waals surface area contributed by atoms with E-state index in [0.717, 1.165) is 0 Å². The van der Waals surface area contributed by atoms with Crippen molar-refractivity contribution in [2.45, 2.75) is 0 Å². The van der Waals surface area contributed by atoms with E-state index in [-0.39, 0.29) is 143 Å². The van der Waals surface area contributed by atoms with E-state index in [1.807, 2.05) is 0 Å².